The highest BCUT2D eigenvalue weighted by Crippen LogP contribution is 2.18. The van der Waals surface area contributed by atoms with Crippen molar-refractivity contribution in [3.05, 3.63) is 57.4 Å². The average molecular weight is 349 g/mol. The van der Waals surface area contributed by atoms with Crippen LogP contribution in [0.2, 0.25) is 0 Å². The number of thioether (sulfide) groups is 1. The molecule has 0 aliphatic heterocycles. The van der Waals surface area contributed by atoms with Crippen molar-refractivity contribution in [3.63, 3.8) is 0 Å². The van der Waals surface area contributed by atoms with Gasteiger partial charge in [-0.15, -0.1) is 11.3 Å². The summed E-state index contributed by atoms with van der Waals surface area (Å²) >= 11 is 2.46. The van der Waals surface area contributed by atoms with Crippen molar-refractivity contribution in [2.24, 2.45) is 0 Å². The van der Waals surface area contributed by atoms with E-state index in [0.29, 0.717) is 20.9 Å². The smallest absolute Gasteiger partial charge is 0.269 e. The maximum atomic E-state index is 13.4. The maximum absolute atomic E-state index is 13.4. The fraction of sp³-hybridized carbons (Fsp3) is 0.133. The van der Waals surface area contributed by atoms with Crippen LogP contribution in [0.1, 0.15) is 5.56 Å². The number of rotatable bonds is 5. The molecule has 2 heterocycles. The number of nitrogens with one attached hydrogen (secondary N) is 2. The fourth-order valence-corrected chi connectivity index (χ4v) is 3.36. The summed E-state index contributed by atoms with van der Waals surface area (Å²) in [6.07, 6.45) is 0. The molecule has 1 amide bonds. The number of carbonyl (C=O) groups excluding carboxylic acids is 1. The van der Waals surface area contributed by atoms with Gasteiger partial charge in [0.25, 0.3) is 5.56 Å². The van der Waals surface area contributed by atoms with Gasteiger partial charge in [-0.1, -0.05) is 30.0 Å². The van der Waals surface area contributed by atoms with Gasteiger partial charge in [-0.25, -0.2) is 9.37 Å². The van der Waals surface area contributed by atoms with Crippen LogP contribution in [-0.2, 0) is 11.3 Å². The quantitative estimate of drug-likeness (QED) is 0.548. The second-order valence-electron chi connectivity index (χ2n) is 4.66. The molecule has 23 heavy (non-hydrogen) atoms. The molecule has 5 nitrogen and oxygen atoms in total. The number of hydrogen-bond acceptors (Lipinski definition) is 5. The molecule has 0 aliphatic carbocycles. The van der Waals surface area contributed by atoms with Crippen molar-refractivity contribution in [2.75, 3.05) is 5.75 Å². The van der Waals surface area contributed by atoms with Crippen LogP contribution in [0.4, 0.5) is 4.39 Å². The molecule has 2 aromatic heterocycles. The molecule has 1 aromatic carbocycles. The Morgan fingerprint density at radius 1 is 1.35 bits per heavy atom. The van der Waals surface area contributed by atoms with E-state index in [2.05, 4.69) is 15.3 Å². The van der Waals surface area contributed by atoms with Crippen LogP contribution < -0.4 is 10.9 Å². The van der Waals surface area contributed by atoms with Gasteiger partial charge in [0.1, 0.15) is 10.5 Å². The van der Waals surface area contributed by atoms with Gasteiger partial charge < -0.3 is 10.3 Å². The van der Waals surface area contributed by atoms with Gasteiger partial charge in [-0.3, -0.25) is 9.59 Å². The number of thiophene rings is 1. The molecule has 0 spiro atoms. The molecule has 0 saturated heterocycles. The van der Waals surface area contributed by atoms with Gasteiger partial charge in [0.2, 0.25) is 5.91 Å². The Labute approximate surface area is 139 Å². The number of aromatic amines is 1. The van der Waals surface area contributed by atoms with Crippen molar-refractivity contribution in [3.8, 4) is 0 Å². The third kappa shape index (κ3) is 3.77. The fourth-order valence-electron chi connectivity index (χ4n) is 1.94. The first-order chi connectivity index (χ1) is 11.1. The molecule has 0 unspecified atom stereocenters. The summed E-state index contributed by atoms with van der Waals surface area (Å²) < 4.78 is 14.0. The molecular weight excluding hydrogens is 337 g/mol. The molecule has 0 fully saturated rings. The number of halogens is 1. The molecule has 118 valence electrons. The Morgan fingerprint density at radius 3 is 3.00 bits per heavy atom. The predicted octanol–water partition coefficient (Wildman–Crippen LogP) is 2.53. The van der Waals surface area contributed by atoms with Crippen LogP contribution >= 0.6 is 23.1 Å². The van der Waals surface area contributed by atoms with E-state index in [-0.39, 0.29) is 29.6 Å². The van der Waals surface area contributed by atoms with E-state index < -0.39 is 0 Å². The van der Waals surface area contributed by atoms with Crippen LogP contribution in [0.25, 0.3) is 10.2 Å². The Morgan fingerprint density at radius 2 is 2.17 bits per heavy atom. The van der Waals surface area contributed by atoms with Crippen molar-refractivity contribution in [1.82, 2.24) is 15.3 Å². The van der Waals surface area contributed by atoms with E-state index >= 15 is 0 Å². The van der Waals surface area contributed by atoms with Gasteiger partial charge in [-0.2, -0.15) is 0 Å². The summed E-state index contributed by atoms with van der Waals surface area (Å²) in [6.45, 7) is 0.125. The number of fused-ring (bicyclic) bond motifs is 1. The minimum Gasteiger partial charge on any atom is -0.351 e. The topological polar surface area (TPSA) is 74.8 Å². The lowest BCUT2D eigenvalue weighted by molar-refractivity contribution is -0.118. The lowest BCUT2D eigenvalue weighted by Gasteiger charge is -2.06. The molecule has 0 aliphatic rings. The van der Waals surface area contributed by atoms with E-state index in [1.807, 2.05) is 0 Å². The normalized spacial score (nSPS) is 10.8. The summed E-state index contributed by atoms with van der Waals surface area (Å²) in [7, 11) is 0. The second kappa shape index (κ2) is 6.93. The zero-order chi connectivity index (χ0) is 16.2. The van der Waals surface area contributed by atoms with E-state index in [9.17, 15) is 14.0 Å². The Hall–Kier alpha value is -2.19. The maximum Gasteiger partial charge on any atom is 0.269 e. The molecule has 0 saturated carbocycles. The SMILES string of the molecule is O=C(CSc1nc2ccsc2c(=O)[nH]1)NCc1ccccc1F. The van der Waals surface area contributed by atoms with Gasteiger partial charge >= 0.3 is 0 Å². The van der Waals surface area contributed by atoms with Crippen LogP contribution in [0, 0.1) is 5.82 Å². The van der Waals surface area contributed by atoms with Crippen LogP contribution in [0.5, 0.6) is 0 Å². The second-order valence-corrected chi connectivity index (χ2v) is 6.54. The van der Waals surface area contributed by atoms with E-state index in [1.165, 1.54) is 17.4 Å². The zero-order valence-electron chi connectivity index (χ0n) is 11.8. The number of nitrogens with zero attached hydrogens (tertiary/aromatic N) is 1. The van der Waals surface area contributed by atoms with Crippen molar-refractivity contribution >= 4 is 39.2 Å². The number of H-pyrrole nitrogens is 1. The standard InChI is InChI=1S/C15H12FN3O2S2/c16-10-4-2-1-3-9(10)7-17-12(20)8-23-15-18-11-5-6-22-13(11)14(21)19-15/h1-6H,7-8H2,(H,17,20)(H,18,19,21). The molecule has 3 aromatic rings. The van der Waals surface area contributed by atoms with E-state index in [0.717, 1.165) is 11.8 Å². The monoisotopic (exact) mass is 349 g/mol. The van der Waals surface area contributed by atoms with Crippen LogP contribution in [-0.4, -0.2) is 21.6 Å². The first-order valence-electron chi connectivity index (χ1n) is 6.74. The Balaban J connectivity index is 1.58. The summed E-state index contributed by atoms with van der Waals surface area (Å²) in [4.78, 5) is 30.6. The molecule has 0 bridgehead atoms. The predicted molar refractivity (Wildman–Crippen MR) is 89.2 cm³/mol. The highest BCUT2D eigenvalue weighted by Gasteiger charge is 2.09. The number of aromatic nitrogens is 2. The Kier molecular flexibility index (Phi) is 4.73. The highest BCUT2D eigenvalue weighted by atomic mass is 32.2. The molecule has 3 rings (SSSR count). The lowest BCUT2D eigenvalue weighted by Crippen LogP contribution is -2.25. The summed E-state index contributed by atoms with van der Waals surface area (Å²) in [5, 5.41) is 4.82. The molecule has 2 N–H and O–H groups in total. The molecule has 0 radical (unpaired) electrons. The van der Waals surface area contributed by atoms with Gasteiger partial charge in [0.15, 0.2) is 5.16 Å². The highest BCUT2D eigenvalue weighted by molar-refractivity contribution is 7.99. The number of benzene rings is 1. The van der Waals surface area contributed by atoms with Crippen LogP contribution in [0.3, 0.4) is 0 Å². The first-order valence-corrected chi connectivity index (χ1v) is 8.60. The molecule has 0 atom stereocenters. The van der Waals surface area contributed by atoms with E-state index in [4.69, 9.17) is 0 Å². The Bertz CT molecular complexity index is 907. The van der Waals surface area contributed by atoms with E-state index in [1.54, 1.807) is 29.6 Å². The average Bonchev–Trinajstić information content (AvgIpc) is 3.01. The van der Waals surface area contributed by atoms with Crippen LogP contribution in [0.15, 0.2) is 45.7 Å². The van der Waals surface area contributed by atoms with Crippen molar-refractivity contribution in [2.45, 2.75) is 11.7 Å². The lowest BCUT2D eigenvalue weighted by atomic mass is 10.2. The third-order valence-electron chi connectivity index (χ3n) is 3.07. The van der Waals surface area contributed by atoms with Gasteiger partial charge in [0.05, 0.1) is 11.3 Å². The third-order valence-corrected chi connectivity index (χ3v) is 4.84. The summed E-state index contributed by atoms with van der Waals surface area (Å²) in [5.41, 5.74) is 0.837. The minimum atomic E-state index is -0.352. The van der Waals surface area contributed by atoms with Gasteiger partial charge in [-0.05, 0) is 17.5 Å². The molecule has 8 heteroatoms. The minimum absolute atomic E-state index is 0.0903. The number of amides is 1. The molecular formula is C15H12FN3O2S2. The number of carbonyl (C=O) groups is 1. The van der Waals surface area contributed by atoms with Crippen molar-refractivity contribution in [1.29, 1.82) is 0 Å². The summed E-state index contributed by atoms with van der Waals surface area (Å²) in [5.74, 6) is -0.520. The van der Waals surface area contributed by atoms with Gasteiger partial charge in [0, 0.05) is 12.1 Å². The van der Waals surface area contributed by atoms with Crippen molar-refractivity contribution < 1.29 is 9.18 Å². The zero-order valence-corrected chi connectivity index (χ0v) is 13.5. The first kappa shape index (κ1) is 15.7. The largest absolute Gasteiger partial charge is 0.351 e. The summed E-state index contributed by atoms with van der Waals surface area (Å²) in [6, 6.07) is 8.04. The number of hydrogen-bond donors (Lipinski definition) is 2.